The minimum absolute atomic E-state index is 0.143. The van der Waals surface area contributed by atoms with Crippen LogP contribution < -0.4 is 10.6 Å². The second-order valence-corrected chi connectivity index (χ2v) is 6.07. The molecule has 106 valence electrons. The van der Waals surface area contributed by atoms with E-state index in [1.165, 1.54) is 5.56 Å². The van der Waals surface area contributed by atoms with Crippen molar-refractivity contribution >= 4 is 5.82 Å². The first kappa shape index (κ1) is 14.2. The number of hydrogen-bond acceptors (Lipinski definition) is 5. The third-order valence-corrected chi connectivity index (χ3v) is 4.38. The Balaban J connectivity index is 2.35. The van der Waals surface area contributed by atoms with Crippen LogP contribution >= 0.6 is 0 Å². The Morgan fingerprint density at radius 3 is 2.47 bits per heavy atom. The predicted molar refractivity (Wildman–Crippen MR) is 78.3 cm³/mol. The highest BCUT2D eigenvalue weighted by atomic mass is 15.3. The van der Waals surface area contributed by atoms with Crippen molar-refractivity contribution in [3.05, 3.63) is 16.8 Å². The summed E-state index contributed by atoms with van der Waals surface area (Å²) in [6.07, 6.45) is 0. The molecule has 1 aromatic heterocycles. The molecule has 1 fully saturated rings. The standard InChI is InChI=1S/C14H25N5/c1-10-11(2)16-17-13(12(10)8-15)19-7-6-18(5)14(3,4)9-19/h6-9,15H2,1-5H3. The van der Waals surface area contributed by atoms with Crippen LogP contribution in [0.1, 0.15) is 30.7 Å². The highest BCUT2D eigenvalue weighted by molar-refractivity contribution is 5.51. The van der Waals surface area contributed by atoms with Gasteiger partial charge in [-0.05, 0) is 40.3 Å². The number of piperazine rings is 1. The van der Waals surface area contributed by atoms with Gasteiger partial charge in [0.05, 0.1) is 5.69 Å². The lowest BCUT2D eigenvalue weighted by atomic mass is 9.99. The number of hydrogen-bond donors (Lipinski definition) is 1. The maximum absolute atomic E-state index is 5.92. The van der Waals surface area contributed by atoms with Crippen molar-refractivity contribution in [3.8, 4) is 0 Å². The van der Waals surface area contributed by atoms with Gasteiger partial charge >= 0.3 is 0 Å². The van der Waals surface area contributed by atoms with Crippen LogP contribution in [-0.4, -0.2) is 47.3 Å². The SMILES string of the molecule is Cc1nnc(N2CCN(C)C(C)(C)C2)c(CN)c1C. The Kier molecular flexibility index (Phi) is 3.78. The highest BCUT2D eigenvalue weighted by Crippen LogP contribution is 2.27. The summed E-state index contributed by atoms with van der Waals surface area (Å²) in [5.74, 6) is 0.965. The Bertz CT molecular complexity index is 469. The molecule has 1 aliphatic heterocycles. The molecule has 0 bridgehead atoms. The van der Waals surface area contributed by atoms with Crippen LogP contribution in [0.2, 0.25) is 0 Å². The lowest BCUT2D eigenvalue weighted by molar-refractivity contribution is 0.138. The Hall–Kier alpha value is -1.20. The fraction of sp³-hybridized carbons (Fsp3) is 0.714. The van der Waals surface area contributed by atoms with Crippen molar-refractivity contribution in [2.45, 2.75) is 39.8 Å². The summed E-state index contributed by atoms with van der Waals surface area (Å²) in [6, 6.07) is 0. The zero-order chi connectivity index (χ0) is 14.2. The topological polar surface area (TPSA) is 58.3 Å². The van der Waals surface area contributed by atoms with Crippen LogP contribution in [0.15, 0.2) is 0 Å². The van der Waals surface area contributed by atoms with E-state index in [-0.39, 0.29) is 5.54 Å². The fourth-order valence-corrected chi connectivity index (χ4v) is 2.56. The quantitative estimate of drug-likeness (QED) is 0.865. The molecule has 5 nitrogen and oxygen atoms in total. The molecular weight excluding hydrogens is 238 g/mol. The first-order chi connectivity index (χ1) is 8.86. The highest BCUT2D eigenvalue weighted by Gasteiger charge is 2.32. The van der Waals surface area contributed by atoms with Crippen molar-refractivity contribution in [1.82, 2.24) is 15.1 Å². The third kappa shape index (κ3) is 2.58. The summed E-state index contributed by atoms with van der Waals surface area (Å²) >= 11 is 0. The summed E-state index contributed by atoms with van der Waals surface area (Å²) in [4.78, 5) is 4.71. The van der Waals surface area contributed by atoms with Gasteiger partial charge in [-0.2, -0.15) is 5.10 Å². The van der Waals surface area contributed by atoms with Crippen LogP contribution in [0.5, 0.6) is 0 Å². The average molecular weight is 263 g/mol. The number of aromatic nitrogens is 2. The van der Waals surface area contributed by atoms with E-state index >= 15 is 0 Å². The molecule has 0 aromatic carbocycles. The molecule has 0 unspecified atom stereocenters. The molecule has 0 radical (unpaired) electrons. The molecular formula is C14H25N5. The third-order valence-electron chi connectivity index (χ3n) is 4.38. The summed E-state index contributed by atoms with van der Waals surface area (Å²) in [6.45, 7) is 12.1. The van der Waals surface area contributed by atoms with Crippen LogP contribution in [0, 0.1) is 13.8 Å². The Morgan fingerprint density at radius 1 is 1.21 bits per heavy atom. The lowest BCUT2D eigenvalue weighted by Crippen LogP contribution is -2.58. The van der Waals surface area contributed by atoms with Gasteiger partial charge in [0, 0.05) is 37.3 Å². The van der Waals surface area contributed by atoms with Gasteiger partial charge in [-0.15, -0.1) is 5.10 Å². The van der Waals surface area contributed by atoms with Gasteiger partial charge in [0.25, 0.3) is 0 Å². The zero-order valence-electron chi connectivity index (χ0n) is 12.7. The molecule has 0 atom stereocenters. The molecule has 2 heterocycles. The fourth-order valence-electron chi connectivity index (χ4n) is 2.56. The van der Waals surface area contributed by atoms with E-state index in [1.54, 1.807) is 0 Å². The number of anilines is 1. The summed E-state index contributed by atoms with van der Waals surface area (Å²) in [5.41, 5.74) is 9.33. The number of likely N-dealkylation sites (N-methyl/N-ethyl adjacent to an activating group) is 1. The minimum atomic E-state index is 0.143. The smallest absolute Gasteiger partial charge is 0.156 e. The van der Waals surface area contributed by atoms with E-state index in [2.05, 4.69) is 47.8 Å². The van der Waals surface area contributed by atoms with E-state index in [4.69, 9.17) is 5.73 Å². The van der Waals surface area contributed by atoms with Crippen molar-refractivity contribution in [1.29, 1.82) is 0 Å². The molecule has 0 aliphatic carbocycles. The molecule has 5 heteroatoms. The molecule has 1 saturated heterocycles. The monoisotopic (exact) mass is 263 g/mol. The van der Waals surface area contributed by atoms with E-state index < -0.39 is 0 Å². The first-order valence-electron chi connectivity index (χ1n) is 6.86. The van der Waals surface area contributed by atoms with Crippen molar-refractivity contribution in [3.63, 3.8) is 0 Å². The Labute approximate surface area is 115 Å². The molecule has 1 aromatic rings. The van der Waals surface area contributed by atoms with E-state index in [9.17, 15) is 0 Å². The van der Waals surface area contributed by atoms with E-state index in [0.717, 1.165) is 36.7 Å². The molecule has 0 amide bonds. The number of nitrogens with zero attached hydrogens (tertiary/aromatic N) is 4. The Morgan fingerprint density at radius 2 is 1.89 bits per heavy atom. The van der Waals surface area contributed by atoms with Crippen molar-refractivity contribution < 1.29 is 0 Å². The zero-order valence-corrected chi connectivity index (χ0v) is 12.7. The molecule has 2 rings (SSSR count). The minimum Gasteiger partial charge on any atom is -0.352 e. The van der Waals surface area contributed by atoms with Crippen LogP contribution in [0.4, 0.5) is 5.82 Å². The second kappa shape index (κ2) is 5.06. The summed E-state index contributed by atoms with van der Waals surface area (Å²) in [5, 5.41) is 8.67. The average Bonchev–Trinajstić information content (AvgIpc) is 2.36. The molecule has 2 N–H and O–H groups in total. The molecule has 0 saturated carbocycles. The van der Waals surface area contributed by atoms with E-state index in [0.29, 0.717) is 6.54 Å². The number of rotatable bonds is 2. The van der Waals surface area contributed by atoms with Crippen molar-refractivity contribution in [2.24, 2.45) is 5.73 Å². The maximum Gasteiger partial charge on any atom is 0.156 e. The van der Waals surface area contributed by atoms with Crippen LogP contribution in [0.3, 0.4) is 0 Å². The van der Waals surface area contributed by atoms with Gasteiger partial charge in [0.1, 0.15) is 0 Å². The normalized spacial score (nSPS) is 19.8. The number of nitrogens with two attached hydrogens (primary N) is 1. The van der Waals surface area contributed by atoms with Gasteiger partial charge in [-0.3, -0.25) is 4.90 Å². The molecule has 1 aliphatic rings. The summed E-state index contributed by atoms with van der Waals surface area (Å²) in [7, 11) is 2.17. The van der Waals surface area contributed by atoms with Crippen LogP contribution in [-0.2, 0) is 6.54 Å². The van der Waals surface area contributed by atoms with Gasteiger partial charge in [0.2, 0.25) is 0 Å². The first-order valence-corrected chi connectivity index (χ1v) is 6.86. The van der Waals surface area contributed by atoms with E-state index in [1.807, 2.05) is 6.92 Å². The molecule has 19 heavy (non-hydrogen) atoms. The van der Waals surface area contributed by atoms with Gasteiger partial charge < -0.3 is 10.6 Å². The second-order valence-electron chi connectivity index (χ2n) is 6.07. The van der Waals surface area contributed by atoms with Gasteiger partial charge in [-0.25, -0.2) is 0 Å². The molecule has 0 spiro atoms. The predicted octanol–water partition coefficient (Wildman–Crippen LogP) is 1.08. The summed E-state index contributed by atoms with van der Waals surface area (Å²) < 4.78 is 0. The van der Waals surface area contributed by atoms with Crippen molar-refractivity contribution in [2.75, 3.05) is 31.6 Å². The lowest BCUT2D eigenvalue weighted by Gasteiger charge is -2.46. The maximum atomic E-state index is 5.92. The number of aryl methyl sites for hydroxylation is 1. The largest absolute Gasteiger partial charge is 0.352 e. The van der Waals surface area contributed by atoms with Gasteiger partial charge in [-0.1, -0.05) is 0 Å². The van der Waals surface area contributed by atoms with Gasteiger partial charge in [0.15, 0.2) is 5.82 Å². The van der Waals surface area contributed by atoms with Crippen LogP contribution in [0.25, 0.3) is 0 Å².